The molecule has 0 saturated carbocycles. The highest BCUT2D eigenvalue weighted by atomic mass is 79.9. The summed E-state index contributed by atoms with van der Waals surface area (Å²) in [6.07, 6.45) is 4.60. The number of nitrogens with zero attached hydrogens (tertiary/aromatic N) is 1. The molecular formula is C17H27BrN2. The maximum atomic E-state index is 6.06. The van der Waals surface area contributed by atoms with Crippen molar-refractivity contribution >= 4 is 21.6 Å². The number of halogens is 1. The second kappa shape index (κ2) is 6.95. The van der Waals surface area contributed by atoms with Crippen LogP contribution in [0.2, 0.25) is 0 Å². The predicted molar refractivity (Wildman–Crippen MR) is 91.3 cm³/mol. The Bertz CT molecular complexity index is 445. The SMILES string of the molecule is CCC(N)Cc1ccc(N2CCCC2C(C)C)cc1Br. The first-order valence-electron chi connectivity index (χ1n) is 7.83. The molecule has 1 heterocycles. The molecule has 1 aliphatic heterocycles. The topological polar surface area (TPSA) is 29.3 Å². The fourth-order valence-corrected chi connectivity index (χ4v) is 3.64. The predicted octanol–water partition coefficient (Wildman–Crippen LogP) is 4.35. The molecule has 2 nitrogen and oxygen atoms in total. The van der Waals surface area contributed by atoms with E-state index in [-0.39, 0.29) is 6.04 Å². The van der Waals surface area contributed by atoms with Gasteiger partial charge in [-0.05, 0) is 49.3 Å². The van der Waals surface area contributed by atoms with Gasteiger partial charge in [0.2, 0.25) is 0 Å². The van der Waals surface area contributed by atoms with Crippen molar-refractivity contribution in [3.8, 4) is 0 Å². The lowest BCUT2D eigenvalue weighted by Gasteiger charge is -2.30. The normalized spacial score (nSPS) is 20.7. The monoisotopic (exact) mass is 338 g/mol. The van der Waals surface area contributed by atoms with Crippen LogP contribution in [0.1, 0.15) is 45.6 Å². The Morgan fingerprint density at radius 1 is 1.40 bits per heavy atom. The molecule has 2 atom stereocenters. The van der Waals surface area contributed by atoms with Crippen molar-refractivity contribution in [1.82, 2.24) is 0 Å². The van der Waals surface area contributed by atoms with Gasteiger partial charge in [0.15, 0.2) is 0 Å². The van der Waals surface area contributed by atoms with Gasteiger partial charge < -0.3 is 10.6 Å². The van der Waals surface area contributed by atoms with Gasteiger partial charge in [0.05, 0.1) is 0 Å². The van der Waals surface area contributed by atoms with E-state index in [1.54, 1.807) is 0 Å². The molecular weight excluding hydrogens is 312 g/mol. The van der Waals surface area contributed by atoms with Crippen LogP contribution in [0.4, 0.5) is 5.69 Å². The van der Waals surface area contributed by atoms with Crippen LogP contribution >= 0.6 is 15.9 Å². The third-order valence-electron chi connectivity index (χ3n) is 4.44. The Labute approximate surface area is 131 Å². The molecule has 2 unspecified atom stereocenters. The first-order chi connectivity index (χ1) is 9.52. The standard InChI is InChI=1S/C17H27BrN2/c1-4-14(19)10-13-7-8-15(11-16(13)18)20-9-5-6-17(20)12(2)3/h7-8,11-12,14,17H,4-6,9-10,19H2,1-3H3. The van der Waals surface area contributed by atoms with E-state index in [1.165, 1.54) is 35.1 Å². The summed E-state index contributed by atoms with van der Waals surface area (Å²) in [4.78, 5) is 2.57. The molecule has 0 bridgehead atoms. The summed E-state index contributed by atoms with van der Waals surface area (Å²) in [5.74, 6) is 0.712. The van der Waals surface area contributed by atoms with Gasteiger partial charge in [-0.1, -0.05) is 42.8 Å². The van der Waals surface area contributed by atoms with Gasteiger partial charge in [-0.15, -0.1) is 0 Å². The van der Waals surface area contributed by atoms with Crippen LogP contribution in [-0.2, 0) is 6.42 Å². The molecule has 1 aromatic rings. The summed E-state index contributed by atoms with van der Waals surface area (Å²) in [6, 6.07) is 7.73. The molecule has 1 aliphatic rings. The molecule has 1 fully saturated rings. The third kappa shape index (κ3) is 3.56. The van der Waals surface area contributed by atoms with Gasteiger partial charge in [0.1, 0.15) is 0 Å². The van der Waals surface area contributed by atoms with Gasteiger partial charge in [-0.25, -0.2) is 0 Å². The molecule has 2 N–H and O–H groups in total. The van der Waals surface area contributed by atoms with Gasteiger partial charge in [-0.3, -0.25) is 0 Å². The Morgan fingerprint density at radius 2 is 2.15 bits per heavy atom. The Kier molecular flexibility index (Phi) is 5.50. The zero-order valence-electron chi connectivity index (χ0n) is 12.9. The van der Waals surface area contributed by atoms with Crippen LogP contribution in [-0.4, -0.2) is 18.6 Å². The van der Waals surface area contributed by atoms with Crippen LogP contribution in [0.5, 0.6) is 0 Å². The van der Waals surface area contributed by atoms with E-state index in [4.69, 9.17) is 5.73 Å². The average molecular weight is 339 g/mol. The lowest BCUT2D eigenvalue weighted by atomic mass is 10.0. The van der Waals surface area contributed by atoms with Crippen LogP contribution < -0.4 is 10.6 Å². The van der Waals surface area contributed by atoms with Gasteiger partial charge in [0, 0.05) is 28.8 Å². The zero-order valence-corrected chi connectivity index (χ0v) is 14.5. The van der Waals surface area contributed by atoms with E-state index in [0.29, 0.717) is 12.0 Å². The second-order valence-electron chi connectivity index (χ2n) is 6.30. The van der Waals surface area contributed by atoms with Crippen molar-refractivity contribution in [3.05, 3.63) is 28.2 Å². The number of hydrogen-bond donors (Lipinski definition) is 1. The minimum atomic E-state index is 0.257. The Morgan fingerprint density at radius 3 is 2.75 bits per heavy atom. The van der Waals surface area contributed by atoms with E-state index < -0.39 is 0 Å². The molecule has 0 amide bonds. The lowest BCUT2D eigenvalue weighted by Crippen LogP contribution is -2.33. The van der Waals surface area contributed by atoms with E-state index in [9.17, 15) is 0 Å². The summed E-state index contributed by atoms with van der Waals surface area (Å²) in [5, 5.41) is 0. The van der Waals surface area contributed by atoms with Crippen LogP contribution in [0.3, 0.4) is 0 Å². The van der Waals surface area contributed by atoms with Crippen LogP contribution in [0, 0.1) is 5.92 Å². The molecule has 20 heavy (non-hydrogen) atoms. The molecule has 0 aromatic heterocycles. The second-order valence-corrected chi connectivity index (χ2v) is 7.15. The third-order valence-corrected chi connectivity index (χ3v) is 5.18. The van der Waals surface area contributed by atoms with Gasteiger partial charge in [-0.2, -0.15) is 0 Å². The fraction of sp³-hybridized carbons (Fsp3) is 0.647. The lowest BCUT2D eigenvalue weighted by molar-refractivity contribution is 0.492. The highest BCUT2D eigenvalue weighted by Gasteiger charge is 2.27. The summed E-state index contributed by atoms with van der Waals surface area (Å²) >= 11 is 3.73. The molecule has 0 radical (unpaired) electrons. The minimum Gasteiger partial charge on any atom is -0.368 e. The highest BCUT2D eigenvalue weighted by Crippen LogP contribution is 2.32. The first-order valence-corrected chi connectivity index (χ1v) is 8.62. The Hall–Kier alpha value is -0.540. The molecule has 0 spiro atoms. The van der Waals surface area contributed by atoms with E-state index >= 15 is 0 Å². The number of anilines is 1. The molecule has 0 aliphatic carbocycles. The maximum absolute atomic E-state index is 6.06. The van der Waals surface area contributed by atoms with Crippen molar-refractivity contribution in [3.63, 3.8) is 0 Å². The molecule has 1 saturated heterocycles. The molecule has 3 heteroatoms. The first kappa shape index (κ1) is 15.8. The van der Waals surface area contributed by atoms with Crippen molar-refractivity contribution in [2.24, 2.45) is 11.7 Å². The van der Waals surface area contributed by atoms with E-state index in [2.05, 4.69) is 59.8 Å². The molecule has 1 aromatic carbocycles. The number of rotatable bonds is 5. The van der Waals surface area contributed by atoms with Crippen molar-refractivity contribution < 1.29 is 0 Å². The highest BCUT2D eigenvalue weighted by molar-refractivity contribution is 9.10. The zero-order chi connectivity index (χ0) is 14.7. The largest absolute Gasteiger partial charge is 0.368 e. The van der Waals surface area contributed by atoms with E-state index in [1.807, 2.05) is 0 Å². The van der Waals surface area contributed by atoms with Crippen LogP contribution in [0.25, 0.3) is 0 Å². The molecule has 2 rings (SSSR count). The van der Waals surface area contributed by atoms with Gasteiger partial charge >= 0.3 is 0 Å². The summed E-state index contributed by atoms with van der Waals surface area (Å²) < 4.78 is 1.20. The smallest absolute Gasteiger partial charge is 0.0380 e. The van der Waals surface area contributed by atoms with Crippen molar-refractivity contribution in [2.75, 3.05) is 11.4 Å². The number of nitrogens with two attached hydrogens (primary N) is 1. The number of benzene rings is 1. The fourth-order valence-electron chi connectivity index (χ4n) is 3.11. The van der Waals surface area contributed by atoms with E-state index in [0.717, 1.165) is 12.8 Å². The maximum Gasteiger partial charge on any atom is 0.0380 e. The number of hydrogen-bond acceptors (Lipinski definition) is 2. The van der Waals surface area contributed by atoms with Crippen molar-refractivity contribution in [1.29, 1.82) is 0 Å². The molecule has 112 valence electrons. The Balaban J connectivity index is 2.16. The van der Waals surface area contributed by atoms with Gasteiger partial charge in [0.25, 0.3) is 0 Å². The van der Waals surface area contributed by atoms with Crippen molar-refractivity contribution in [2.45, 2.75) is 58.5 Å². The summed E-state index contributed by atoms with van der Waals surface area (Å²) in [7, 11) is 0. The minimum absolute atomic E-state index is 0.257. The quantitative estimate of drug-likeness (QED) is 0.864. The average Bonchev–Trinajstić information content (AvgIpc) is 2.90. The summed E-state index contributed by atoms with van der Waals surface area (Å²) in [5.41, 5.74) is 8.74. The van der Waals surface area contributed by atoms with Crippen LogP contribution in [0.15, 0.2) is 22.7 Å². The summed E-state index contributed by atoms with van der Waals surface area (Å²) in [6.45, 7) is 7.98.